The van der Waals surface area contributed by atoms with E-state index in [9.17, 15) is 19.1 Å². The van der Waals surface area contributed by atoms with Gasteiger partial charge in [0.25, 0.3) is 5.91 Å². The Morgan fingerprint density at radius 1 is 1.29 bits per heavy atom. The number of halogens is 1. The largest absolute Gasteiger partial charge is 0.503 e. The zero-order valence-electron chi connectivity index (χ0n) is 20.3. The number of carbonyl (C=O) groups is 2. The summed E-state index contributed by atoms with van der Waals surface area (Å²) in [6.45, 7) is 4.15. The van der Waals surface area contributed by atoms with Crippen LogP contribution >= 0.6 is 0 Å². The van der Waals surface area contributed by atoms with Gasteiger partial charge in [0.15, 0.2) is 17.2 Å². The predicted octanol–water partition coefficient (Wildman–Crippen LogP) is 3.80. The van der Waals surface area contributed by atoms with Crippen molar-refractivity contribution in [3.05, 3.63) is 53.6 Å². The topological polar surface area (TPSA) is 107 Å². The van der Waals surface area contributed by atoms with Gasteiger partial charge in [0.1, 0.15) is 18.0 Å². The molecule has 2 aromatic rings. The average Bonchev–Trinajstić information content (AvgIpc) is 2.89. The van der Waals surface area contributed by atoms with Crippen LogP contribution in [0, 0.1) is 11.7 Å². The zero-order valence-corrected chi connectivity index (χ0v) is 20.3. The first kappa shape index (κ1) is 26.4. The van der Waals surface area contributed by atoms with E-state index in [1.165, 1.54) is 31.5 Å². The van der Waals surface area contributed by atoms with Crippen LogP contribution in [0.1, 0.15) is 55.6 Å². The van der Waals surface area contributed by atoms with E-state index in [2.05, 4.69) is 17.2 Å². The van der Waals surface area contributed by atoms with Crippen LogP contribution < -0.4 is 10.1 Å². The highest BCUT2D eigenvalue weighted by Gasteiger charge is 2.35. The van der Waals surface area contributed by atoms with E-state index in [1.807, 2.05) is 6.92 Å². The van der Waals surface area contributed by atoms with Crippen LogP contribution in [0.4, 0.5) is 4.39 Å². The third-order valence-electron chi connectivity index (χ3n) is 6.26. The summed E-state index contributed by atoms with van der Waals surface area (Å²) in [4.78, 5) is 29.7. The van der Waals surface area contributed by atoms with Gasteiger partial charge in [0, 0.05) is 31.2 Å². The molecule has 0 unspecified atom stereocenters. The van der Waals surface area contributed by atoms with E-state index in [4.69, 9.17) is 14.2 Å². The molecule has 2 heterocycles. The van der Waals surface area contributed by atoms with Gasteiger partial charge in [-0.15, -0.1) is 0 Å². The van der Waals surface area contributed by atoms with Crippen molar-refractivity contribution in [1.29, 1.82) is 0 Å². The van der Waals surface area contributed by atoms with Crippen LogP contribution in [0.3, 0.4) is 0 Å². The number of nitrogens with one attached hydrogen (secondary N) is 1. The number of hydrogen-bond donors (Lipinski definition) is 2. The molecule has 1 aromatic carbocycles. The SMILES string of the molecule is CCCC[C@H]1OCC[C@H](NC(=O)c2nccc(OC)c2O)C(=O)O[C@@H](C)[C@@H]1Cc1ccc(F)cc1. The number of aromatic hydroxyl groups is 1. The lowest BCUT2D eigenvalue weighted by molar-refractivity contribution is -0.154. The van der Waals surface area contributed by atoms with Crippen molar-refractivity contribution in [1.82, 2.24) is 10.3 Å². The molecular formula is C26H33FN2O6. The molecule has 0 saturated carbocycles. The minimum Gasteiger partial charge on any atom is -0.503 e. The molecule has 0 aliphatic carbocycles. The maximum Gasteiger partial charge on any atom is 0.329 e. The fourth-order valence-electron chi connectivity index (χ4n) is 4.25. The number of pyridine rings is 1. The molecule has 1 amide bonds. The van der Waals surface area contributed by atoms with Gasteiger partial charge >= 0.3 is 5.97 Å². The zero-order chi connectivity index (χ0) is 25.4. The number of unbranched alkanes of at least 4 members (excludes halogenated alkanes) is 1. The van der Waals surface area contributed by atoms with Crippen molar-refractivity contribution >= 4 is 11.9 Å². The van der Waals surface area contributed by atoms with Gasteiger partial charge < -0.3 is 24.6 Å². The van der Waals surface area contributed by atoms with Crippen molar-refractivity contribution in [2.75, 3.05) is 13.7 Å². The number of benzene rings is 1. The van der Waals surface area contributed by atoms with E-state index in [0.717, 1.165) is 24.8 Å². The highest BCUT2D eigenvalue weighted by molar-refractivity contribution is 5.97. The van der Waals surface area contributed by atoms with E-state index in [-0.39, 0.29) is 42.3 Å². The van der Waals surface area contributed by atoms with Gasteiger partial charge in [-0.1, -0.05) is 31.9 Å². The smallest absolute Gasteiger partial charge is 0.329 e. The first-order valence-electron chi connectivity index (χ1n) is 11.9. The standard InChI is InChI=1S/C26H33FN2O6/c1-4-5-6-21-19(15-17-7-9-18(27)10-8-17)16(2)35-26(32)20(12-14-34-21)29-25(31)23-24(30)22(33-3)11-13-28-23/h7-11,13,16,19-21,30H,4-6,12,14-15H2,1-3H3,(H,29,31)/t16-,19-,20-,21+/m0/s1. The molecule has 3 rings (SSSR count). The molecule has 0 radical (unpaired) electrons. The van der Waals surface area contributed by atoms with Gasteiger partial charge in [-0.3, -0.25) is 4.79 Å². The maximum absolute atomic E-state index is 13.4. The molecule has 190 valence electrons. The molecule has 4 atom stereocenters. The van der Waals surface area contributed by atoms with E-state index >= 15 is 0 Å². The second-order valence-electron chi connectivity index (χ2n) is 8.71. The number of methoxy groups -OCH3 is 1. The fourth-order valence-corrected chi connectivity index (χ4v) is 4.25. The summed E-state index contributed by atoms with van der Waals surface area (Å²) in [6.07, 6.45) is 4.16. The number of esters is 1. The Kier molecular flexibility index (Phi) is 9.42. The highest BCUT2D eigenvalue weighted by Crippen LogP contribution is 2.29. The van der Waals surface area contributed by atoms with Gasteiger partial charge in [-0.25, -0.2) is 14.2 Å². The monoisotopic (exact) mass is 488 g/mol. The number of nitrogens with zero attached hydrogens (tertiary/aromatic N) is 1. The third kappa shape index (κ3) is 6.91. The molecule has 1 aliphatic heterocycles. The van der Waals surface area contributed by atoms with Gasteiger partial charge in [0.05, 0.1) is 13.2 Å². The van der Waals surface area contributed by atoms with Crippen LogP contribution in [0.15, 0.2) is 36.5 Å². The van der Waals surface area contributed by atoms with Crippen LogP contribution in [0.5, 0.6) is 11.5 Å². The predicted molar refractivity (Wildman–Crippen MR) is 127 cm³/mol. The maximum atomic E-state index is 13.4. The molecule has 1 aromatic heterocycles. The first-order chi connectivity index (χ1) is 16.8. The molecule has 35 heavy (non-hydrogen) atoms. The number of ether oxygens (including phenoxy) is 3. The second kappa shape index (κ2) is 12.5. The number of hydrogen-bond acceptors (Lipinski definition) is 7. The summed E-state index contributed by atoms with van der Waals surface area (Å²) >= 11 is 0. The van der Waals surface area contributed by atoms with Crippen LogP contribution in [-0.4, -0.2) is 53.9 Å². The number of rotatable bonds is 8. The Morgan fingerprint density at radius 3 is 2.71 bits per heavy atom. The second-order valence-corrected chi connectivity index (χ2v) is 8.71. The van der Waals surface area contributed by atoms with Crippen molar-refractivity contribution in [3.8, 4) is 11.5 Å². The third-order valence-corrected chi connectivity index (χ3v) is 6.26. The van der Waals surface area contributed by atoms with E-state index in [1.54, 1.807) is 12.1 Å². The summed E-state index contributed by atoms with van der Waals surface area (Å²) in [6, 6.07) is 6.73. The normalized spacial score (nSPS) is 22.9. The molecule has 2 N–H and O–H groups in total. The molecule has 8 nitrogen and oxygen atoms in total. The lowest BCUT2D eigenvalue weighted by Crippen LogP contribution is -2.44. The highest BCUT2D eigenvalue weighted by atomic mass is 19.1. The summed E-state index contributed by atoms with van der Waals surface area (Å²) in [5.74, 6) is -2.07. The Hall–Kier alpha value is -3.20. The van der Waals surface area contributed by atoms with Gasteiger partial charge in [-0.2, -0.15) is 0 Å². The lowest BCUT2D eigenvalue weighted by atomic mass is 9.87. The quantitative estimate of drug-likeness (QED) is 0.544. The van der Waals surface area contributed by atoms with Crippen LogP contribution in [0.2, 0.25) is 0 Å². The summed E-state index contributed by atoms with van der Waals surface area (Å²) < 4.78 is 30.4. The Bertz CT molecular complexity index is 1000. The summed E-state index contributed by atoms with van der Waals surface area (Å²) in [5.41, 5.74) is 0.675. The lowest BCUT2D eigenvalue weighted by Gasteiger charge is -2.31. The summed E-state index contributed by atoms with van der Waals surface area (Å²) in [5, 5.41) is 12.8. The van der Waals surface area contributed by atoms with Crippen molar-refractivity contribution < 1.29 is 33.3 Å². The van der Waals surface area contributed by atoms with Crippen LogP contribution in [-0.2, 0) is 20.7 Å². The number of amides is 1. The number of cyclic esters (lactones) is 1. The Balaban J connectivity index is 1.77. The molecule has 1 aliphatic rings. The number of carbonyl (C=O) groups excluding carboxylic acids is 2. The van der Waals surface area contributed by atoms with Gasteiger partial charge in [-0.05, 0) is 37.5 Å². The fraction of sp³-hybridized carbons (Fsp3) is 0.500. The molecular weight excluding hydrogens is 455 g/mol. The Labute approximate surface area is 204 Å². The first-order valence-corrected chi connectivity index (χ1v) is 11.9. The molecule has 0 spiro atoms. The summed E-state index contributed by atoms with van der Waals surface area (Å²) in [7, 11) is 1.36. The van der Waals surface area contributed by atoms with Gasteiger partial charge in [0.2, 0.25) is 0 Å². The van der Waals surface area contributed by atoms with Crippen molar-refractivity contribution in [3.63, 3.8) is 0 Å². The van der Waals surface area contributed by atoms with Crippen molar-refractivity contribution in [2.45, 2.75) is 64.2 Å². The van der Waals surface area contributed by atoms with Crippen molar-refractivity contribution in [2.24, 2.45) is 5.92 Å². The van der Waals surface area contributed by atoms with E-state index in [0.29, 0.717) is 6.42 Å². The molecule has 9 heteroatoms. The van der Waals surface area contributed by atoms with E-state index < -0.39 is 29.8 Å². The van der Waals surface area contributed by atoms with Crippen LogP contribution in [0.25, 0.3) is 0 Å². The minimum absolute atomic E-state index is 0.0987. The molecule has 0 bridgehead atoms. The minimum atomic E-state index is -0.978. The average molecular weight is 489 g/mol. The molecule has 1 fully saturated rings. The Morgan fingerprint density at radius 2 is 2.03 bits per heavy atom. The number of aromatic nitrogens is 1. The molecule has 1 saturated heterocycles.